The smallest absolute Gasteiger partial charge is 0.282 e. The van der Waals surface area contributed by atoms with Crippen molar-refractivity contribution in [3.8, 4) is 0 Å². The number of anilines is 2. The lowest BCUT2D eigenvalue weighted by atomic mass is 9.87. The minimum absolute atomic E-state index is 0.00156. The topological polar surface area (TPSA) is 157 Å². The van der Waals surface area contributed by atoms with E-state index in [1.807, 2.05) is 24.3 Å². The van der Waals surface area contributed by atoms with Gasteiger partial charge >= 0.3 is 0 Å². The van der Waals surface area contributed by atoms with Crippen LogP contribution < -0.4 is 21.1 Å². The van der Waals surface area contributed by atoms with E-state index in [0.717, 1.165) is 36.0 Å². The number of aryl methyl sites for hydroxylation is 1. The van der Waals surface area contributed by atoms with E-state index in [1.54, 1.807) is 23.0 Å². The van der Waals surface area contributed by atoms with Crippen LogP contribution in [0.15, 0.2) is 51.9 Å². The molecule has 5 heterocycles. The molecule has 0 radical (unpaired) electrons. The fourth-order valence-electron chi connectivity index (χ4n) is 7.45. The third-order valence-electron chi connectivity index (χ3n) is 10.1. The molecule has 2 aromatic carbocycles. The molecule has 266 valence electrons. The van der Waals surface area contributed by atoms with Crippen LogP contribution in [-0.2, 0) is 16.6 Å². The Morgan fingerprint density at radius 3 is 2.33 bits per heavy atom. The molecular formula is C35H36BrFN8O6. The van der Waals surface area contributed by atoms with Crippen molar-refractivity contribution < 1.29 is 28.4 Å². The molecule has 16 heteroatoms. The predicted molar refractivity (Wildman–Crippen MR) is 187 cm³/mol. The van der Waals surface area contributed by atoms with Gasteiger partial charge < -0.3 is 20.0 Å². The van der Waals surface area contributed by atoms with E-state index in [2.05, 4.69) is 43.6 Å². The van der Waals surface area contributed by atoms with Gasteiger partial charge in [0.15, 0.2) is 0 Å². The lowest BCUT2D eigenvalue weighted by Crippen LogP contribution is -2.54. The quantitative estimate of drug-likeness (QED) is 0.356. The Labute approximate surface area is 300 Å². The van der Waals surface area contributed by atoms with Crippen LogP contribution in [0.4, 0.5) is 15.8 Å². The maximum absolute atomic E-state index is 15.4. The number of nitrogens with one attached hydrogen (secondary N) is 2. The number of imide groups is 2. The van der Waals surface area contributed by atoms with E-state index < -0.39 is 35.5 Å². The van der Waals surface area contributed by atoms with Crippen molar-refractivity contribution in [2.45, 2.75) is 37.3 Å². The van der Waals surface area contributed by atoms with E-state index in [-0.39, 0.29) is 53.1 Å². The number of fused-ring (bicyclic) bond motifs is 1. The summed E-state index contributed by atoms with van der Waals surface area (Å²) in [6, 6.07) is 8.94. The van der Waals surface area contributed by atoms with E-state index in [4.69, 9.17) is 0 Å². The van der Waals surface area contributed by atoms with Crippen molar-refractivity contribution in [1.29, 1.82) is 0 Å². The van der Waals surface area contributed by atoms with Crippen molar-refractivity contribution in [2.75, 3.05) is 56.5 Å². The molecule has 4 aliphatic heterocycles. The highest BCUT2D eigenvalue weighted by Crippen LogP contribution is 2.34. The Balaban J connectivity index is 0.977. The molecule has 0 saturated carbocycles. The Morgan fingerprint density at radius 1 is 0.961 bits per heavy atom. The van der Waals surface area contributed by atoms with Crippen molar-refractivity contribution in [3.63, 3.8) is 0 Å². The second-order valence-corrected chi connectivity index (χ2v) is 14.3. The molecule has 3 saturated heterocycles. The average Bonchev–Trinajstić information content (AvgIpc) is 3.35. The number of nitrogens with zero attached hydrogens (tertiary/aromatic N) is 6. The standard InChI is InChI=1S/C35H36BrFN8O6/c1-41-17-21(13-22(18-41)39-26-16-38-42(2)35(51)30(26)36)19-3-5-20(6-4-19)32(48)44-11-9-43(10-12-44)28-15-24-23(14-25(28)37)33(49)45(34(24)50)27-7-8-29(46)40-31(27)47/h3-6,14-16,21-22,27,39H,7-13,17-18H2,1-2H3,(H,40,46,47)/t21-,22+,27?/m1/s1. The molecule has 3 atom stereocenters. The predicted octanol–water partition coefficient (Wildman–Crippen LogP) is 1.95. The number of carbonyl (C=O) groups excluding carboxylic acids is 5. The zero-order valence-corrected chi connectivity index (χ0v) is 29.6. The second kappa shape index (κ2) is 13.6. The molecule has 0 bridgehead atoms. The molecule has 1 aromatic heterocycles. The average molecular weight is 764 g/mol. The molecule has 1 unspecified atom stereocenters. The van der Waals surface area contributed by atoms with E-state index in [1.165, 1.54) is 10.7 Å². The molecule has 14 nitrogen and oxygen atoms in total. The molecule has 4 aliphatic rings. The summed E-state index contributed by atoms with van der Waals surface area (Å²) in [5.74, 6) is -3.30. The lowest BCUT2D eigenvalue weighted by Gasteiger charge is -2.37. The van der Waals surface area contributed by atoms with Crippen molar-refractivity contribution in [2.24, 2.45) is 7.05 Å². The molecule has 3 aromatic rings. The summed E-state index contributed by atoms with van der Waals surface area (Å²) in [6.07, 6.45) is 2.47. The Morgan fingerprint density at radius 2 is 1.65 bits per heavy atom. The molecule has 2 N–H and O–H groups in total. The third-order valence-corrected chi connectivity index (χ3v) is 10.9. The number of rotatable bonds is 6. The van der Waals surface area contributed by atoms with Gasteiger partial charge in [-0.1, -0.05) is 12.1 Å². The second-order valence-electron chi connectivity index (χ2n) is 13.5. The van der Waals surface area contributed by atoms with Crippen LogP contribution in [0.25, 0.3) is 0 Å². The highest BCUT2D eigenvalue weighted by Gasteiger charge is 2.45. The molecule has 0 spiro atoms. The van der Waals surface area contributed by atoms with Gasteiger partial charge in [-0.05, 0) is 71.6 Å². The number of benzene rings is 2. The molecule has 5 amide bonds. The number of piperazine rings is 1. The largest absolute Gasteiger partial charge is 0.379 e. The van der Waals surface area contributed by atoms with Crippen LogP contribution in [0, 0.1) is 5.82 Å². The normalized spacial score (nSPS) is 22.7. The summed E-state index contributed by atoms with van der Waals surface area (Å²) in [5.41, 5.74) is 2.10. The number of amides is 5. The van der Waals surface area contributed by atoms with Gasteiger partial charge in [0, 0.05) is 64.3 Å². The van der Waals surface area contributed by atoms with Gasteiger partial charge in [0.1, 0.15) is 16.3 Å². The number of likely N-dealkylation sites (tertiary alicyclic amines) is 1. The van der Waals surface area contributed by atoms with Crippen molar-refractivity contribution >= 4 is 56.8 Å². The van der Waals surface area contributed by atoms with Crippen LogP contribution in [-0.4, -0.2) is 112 Å². The summed E-state index contributed by atoms with van der Waals surface area (Å²) in [6.45, 7) is 2.89. The SMILES string of the molecule is CN1C[C@@H](Nc2cnn(C)c(=O)c2Br)C[C@@H](c2ccc(C(=O)N3CCN(c4cc5c(cc4F)C(=O)N(C4CCC(=O)NC4=O)C5=O)CC3)cc2)C1. The van der Waals surface area contributed by atoms with Crippen LogP contribution >= 0.6 is 15.9 Å². The van der Waals surface area contributed by atoms with E-state index in [0.29, 0.717) is 41.9 Å². The van der Waals surface area contributed by atoms with Gasteiger partial charge in [0.25, 0.3) is 23.3 Å². The van der Waals surface area contributed by atoms with Gasteiger partial charge in [0.2, 0.25) is 11.8 Å². The van der Waals surface area contributed by atoms with Gasteiger partial charge in [-0.15, -0.1) is 0 Å². The monoisotopic (exact) mass is 762 g/mol. The number of piperidine rings is 2. The van der Waals surface area contributed by atoms with Crippen molar-refractivity contribution in [3.05, 3.63) is 85.5 Å². The minimum Gasteiger partial charge on any atom is -0.379 e. The highest BCUT2D eigenvalue weighted by molar-refractivity contribution is 9.10. The first-order chi connectivity index (χ1) is 24.4. The zero-order valence-electron chi connectivity index (χ0n) is 28.0. The summed E-state index contributed by atoms with van der Waals surface area (Å²) < 4.78 is 17.1. The summed E-state index contributed by atoms with van der Waals surface area (Å²) in [7, 11) is 3.65. The van der Waals surface area contributed by atoms with Gasteiger partial charge in [-0.25, -0.2) is 9.07 Å². The minimum atomic E-state index is -1.14. The Hall–Kier alpha value is -4.96. The van der Waals surface area contributed by atoms with Gasteiger partial charge in [-0.3, -0.25) is 39.0 Å². The molecule has 51 heavy (non-hydrogen) atoms. The first-order valence-electron chi connectivity index (χ1n) is 16.8. The number of halogens is 2. The highest BCUT2D eigenvalue weighted by atomic mass is 79.9. The van der Waals surface area contributed by atoms with E-state index in [9.17, 15) is 28.8 Å². The first-order valence-corrected chi connectivity index (χ1v) is 17.5. The Bertz CT molecular complexity index is 2010. The number of hydrogen-bond acceptors (Lipinski definition) is 10. The number of hydrogen-bond donors (Lipinski definition) is 2. The number of aromatic nitrogens is 2. The Kier molecular flexibility index (Phi) is 9.22. The number of carbonyl (C=O) groups is 5. The summed E-state index contributed by atoms with van der Waals surface area (Å²) in [5, 5.41) is 9.74. The van der Waals surface area contributed by atoms with E-state index >= 15 is 4.39 Å². The van der Waals surface area contributed by atoms with Crippen LogP contribution in [0.3, 0.4) is 0 Å². The molecular weight excluding hydrogens is 727 g/mol. The zero-order chi connectivity index (χ0) is 36.1. The van der Waals surface area contributed by atoms with Crippen LogP contribution in [0.1, 0.15) is 61.8 Å². The maximum Gasteiger partial charge on any atom is 0.282 e. The number of likely N-dealkylation sites (N-methyl/N-ethyl adjacent to an activating group) is 1. The summed E-state index contributed by atoms with van der Waals surface area (Å²) in [4.78, 5) is 82.6. The van der Waals surface area contributed by atoms with Crippen molar-refractivity contribution in [1.82, 2.24) is 29.8 Å². The van der Waals surface area contributed by atoms with Gasteiger partial charge in [-0.2, -0.15) is 5.10 Å². The van der Waals surface area contributed by atoms with Crippen LogP contribution in [0.5, 0.6) is 0 Å². The van der Waals surface area contributed by atoms with Gasteiger partial charge in [0.05, 0.1) is 28.7 Å². The molecule has 0 aliphatic carbocycles. The first kappa shape index (κ1) is 34.5. The molecule has 3 fully saturated rings. The fourth-order valence-corrected chi connectivity index (χ4v) is 7.92. The third kappa shape index (κ3) is 6.53. The summed E-state index contributed by atoms with van der Waals surface area (Å²) >= 11 is 3.39. The maximum atomic E-state index is 15.4. The lowest BCUT2D eigenvalue weighted by molar-refractivity contribution is -0.136. The fraction of sp³-hybridized carbons (Fsp3) is 0.400. The molecule has 7 rings (SSSR count). The van der Waals surface area contributed by atoms with Crippen LogP contribution in [0.2, 0.25) is 0 Å².